The SMILES string of the molecule is O=C1C=C[C@H](OC(=O)/C=C/C2CCCC2)OC1. The zero-order chi connectivity index (χ0) is 12.1. The molecule has 1 aliphatic heterocycles. The quantitative estimate of drug-likeness (QED) is 0.553. The minimum Gasteiger partial charge on any atom is -0.429 e. The van der Waals surface area contributed by atoms with Crippen molar-refractivity contribution in [1.29, 1.82) is 0 Å². The van der Waals surface area contributed by atoms with Crippen LogP contribution < -0.4 is 0 Å². The summed E-state index contributed by atoms with van der Waals surface area (Å²) in [5.74, 6) is -0.0216. The molecule has 2 aliphatic rings. The van der Waals surface area contributed by atoms with E-state index in [0.29, 0.717) is 5.92 Å². The summed E-state index contributed by atoms with van der Waals surface area (Å²) in [4.78, 5) is 22.3. The van der Waals surface area contributed by atoms with E-state index >= 15 is 0 Å². The van der Waals surface area contributed by atoms with Crippen LogP contribution in [0.25, 0.3) is 0 Å². The average Bonchev–Trinajstić information content (AvgIpc) is 2.83. The number of carbonyl (C=O) groups is 2. The van der Waals surface area contributed by atoms with Crippen molar-refractivity contribution >= 4 is 11.8 Å². The Kier molecular flexibility index (Phi) is 4.09. The van der Waals surface area contributed by atoms with Crippen LogP contribution in [0.5, 0.6) is 0 Å². The van der Waals surface area contributed by atoms with Gasteiger partial charge in [-0.15, -0.1) is 0 Å². The van der Waals surface area contributed by atoms with Crippen molar-refractivity contribution in [2.24, 2.45) is 5.92 Å². The lowest BCUT2D eigenvalue weighted by atomic mass is 10.1. The number of ether oxygens (including phenoxy) is 2. The molecular weight excluding hydrogens is 220 g/mol. The Balaban J connectivity index is 1.76. The number of hydrogen-bond donors (Lipinski definition) is 0. The molecule has 4 heteroatoms. The van der Waals surface area contributed by atoms with Gasteiger partial charge in [-0.05, 0) is 30.9 Å². The van der Waals surface area contributed by atoms with E-state index in [9.17, 15) is 9.59 Å². The van der Waals surface area contributed by atoms with E-state index in [1.54, 1.807) is 0 Å². The lowest BCUT2D eigenvalue weighted by molar-refractivity contribution is -0.166. The van der Waals surface area contributed by atoms with E-state index in [4.69, 9.17) is 9.47 Å². The third-order valence-corrected chi connectivity index (χ3v) is 2.97. The molecule has 0 radical (unpaired) electrons. The molecule has 0 bridgehead atoms. The molecule has 0 spiro atoms. The zero-order valence-electron chi connectivity index (χ0n) is 9.63. The highest BCUT2D eigenvalue weighted by atomic mass is 16.7. The molecule has 1 fully saturated rings. The van der Waals surface area contributed by atoms with Crippen LogP contribution in [0.15, 0.2) is 24.3 Å². The Labute approximate surface area is 100 Å². The zero-order valence-corrected chi connectivity index (χ0v) is 9.63. The topological polar surface area (TPSA) is 52.6 Å². The van der Waals surface area contributed by atoms with E-state index in [-0.39, 0.29) is 12.4 Å². The van der Waals surface area contributed by atoms with E-state index in [1.165, 1.54) is 31.1 Å². The van der Waals surface area contributed by atoms with Crippen molar-refractivity contribution in [3.05, 3.63) is 24.3 Å². The van der Waals surface area contributed by atoms with Crippen molar-refractivity contribution in [1.82, 2.24) is 0 Å². The van der Waals surface area contributed by atoms with Crippen molar-refractivity contribution in [3.8, 4) is 0 Å². The number of ketones is 1. The van der Waals surface area contributed by atoms with Gasteiger partial charge in [0.2, 0.25) is 6.29 Å². The van der Waals surface area contributed by atoms with Crippen molar-refractivity contribution < 1.29 is 19.1 Å². The number of esters is 1. The summed E-state index contributed by atoms with van der Waals surface area (Å²) in [6.07, 6.45) is 10.2. The minimum absolute atomic E-state index is 0.0270. The third kappa shape index (κ3) is 3.82. The molecule has 0 aromatic rings. The molecule has 0 amide bonds. The smallest absolute Gasteiger partial charge is 0.332 e. The maximum Gasteiger partial charge on any atom is 0.332 e. The van der Waals surface area contributed by atoms with Gasteiger partial charge in [0.15, 0.2) is 5.78 Å². The van der Waals surface area contributed by atoms with Crippen LogP contribution in [0.3, 0.4) is 0 Å². The maximum atomic E-state index is 11.4. The molecule has 92 valence electrons. The van der Waals surface area contributed by atoms with Gasteiger partial charge < -0.3 is 9.47 Å². The summed E-state index contributed by atoms with van der Waals surface area (Å²) in [5.41, 5.74) is 0. The van der Waals surface area contributed by atoms with Gasteiger partial charge in [-0.25, -0.2) is 4.79 Å². The van der Waals surface area contributed by atoms with Crippen LogP contribution in [0.2, 0.25) is 0 Å². The second-order valence-electron chi connectivity index (χ2n) is 4.35. The molecule has 1 saturated carbocycles. The minimum atomic E-state index is -0.728. The summed E-state index contributed by atoms with van der Waals surface area (Å²) < 4.78 is 10.0. The van der Waals surface area contributed by atoms with Crippen LogP contribution in [0.4, 0.5) is 0 Å². The molecular formula is C13H16O4. The first-order valence-corrected chi connectivity index (χ1v) is 5.95. The lowest BCUT2D eigenvalue weighted by Crippen LogP contribution is -2.25. The van der Waals surface area contributed by atoms with Gasteiger partial charge in [0.05, 0.1) is 0 Å². The molecule has 0 N–H and O–H groups in total. The standard InChI is InChI=1S/C13H16O4/c14-11-6-8-13(16-9-11)17-12(15)7-5-10-3-1-2-4-10/h5-8,10,13H,1-4,9H2/b7-5+/t13-/m0/s1. The summed E-state index contributed by atoms with van der Waals surface area (Å²) in [5, 5.41) is 0. The highest BCUT2D eigenvalue weighted by Gasteiger charge is 2.17. The second-order valence-corrected chi connectivity index (χ2v) is 4.35. The first-order chi connectivity index (χ1) is 8.24. The van der Waals surface area contributed by atoms with Gasteiger partial charge in [0, 0.05) is 6.08 Å². The number of rotatable bonds is 3. The molecule has 0 unspecified atom stereocenters. The fraction of sp³-hybridized carbons (Fsp3) is 0.538. The monoisotopic (exact) mass is 236 g/mol. The van der Waals surface area contributed by atoms with Crippen LogP contribution in [-0.2, 0) is 19.1 Å². The van der Waals surface area contributed by atoms with E-state index in [0.717, 1.165) is 12.8 Å². The Morgan fingerprint density at radius 3 is 2.82 bits per heavy atom. The largest absolute Gasteiger partial charge is 0.429 e. The van der Waals surface area contributed by atoms with E-state index < -0.39 is 12.3 Å². The predicted molar refractivity (Wildman–Crippen MR) is 61.1 cm³/mol. The van der Waals surface area contributed by atoms with E-state index in [2.05, 4.69) is 0 Å². The second kappa shape index (κ2) is 5.77. The molecule has 1 atom stereocenters. The Morgan fingerprint density at radius 1 is 1.41 bits per heavy atom. The van der Waals surface area contributed by atoms with Crippen molar-refractivity contribution in [3.63, 3.8) is 0 Å². The highest BCUT2D eigenvalue weighted by Crippen LogP contribution is 2.25. The van der Waals surface area contributed by atoms with E-state index in [1.807, 2.05) is 6.08 Å². The van der Waals surface area contributed by atoms with Crippen molar-refractivity contribution in [2.45, 2.75) is 32.0 Å². The molecule has 17 heavy (non-hydrogen) atoms. The molecule has 2 rings (SSSR count). The summed E-state index contributed by atoms with van der Waals surface area (Å²) >= 11 is 0. The van der Waals surface area contributed by atoms with Crippen molar-refractivity contribution in [2.75, 3.05) is 6.61 Å². The predicted octanol–water partition coefficient (Wildman–Crippen LogP) is 1.76. The van der Waals surface area contributed by atoms with Gasteiger partial charge in [-0.1, -0.05) is 18.9 Å². The Morgan fingerprint density at radius 2 is 2.18 bits per heavy atom. The normalized spacial score (nSPS) is 25.6. The Bertz CT molecular complexity index is 350. The molecule has 0 saturated heterocycles. The van der Waals surface area contributed by atoms with Gasteiger partial charge in [0.1, 0.15) is 6.61 Å². The lowest BCUT2D eigenvalue weighted by Gasteiger charge is -2.16. The van der Waals surface area contributed by atoms with Crippen LogP contribution in [0.1, 0.15) is 25.7 Å². The summed E-state index contributed by atoms with van der Waals surface area (Å²) in [7, 11) is 0. The summed E-state index contributed by atoms with van der Waals surface area (Å²) in [6, 6.07) is 0. The molecule has 0 aromatic carbocycles. The maximum absolute atomic E-state index is 11.4. The van der Waals surface area contributed by atoms with Crippen LogP contribution in [0, 0.1) is 5.92 Å². The summed E-state index contributed by atoms with van der Waals surface area (Å²) in [6.45, 7) is -0.0270. The number of carbonyl (C=O) groups excluding carboxylic acids is 2. The Hall–Kier alpha value is -1.42. The average molecular weight is 236 g/mol. The van der Waals surface area contributed by atoms with Gasteiger partial charge in [-0.3, -0.25) is 4.79 Å². The fourth-order valence-electron chi connectivity index (χ4n) is 2.05. The number of allylic oxidation sites excluding steroid dienone is 1. The first-order valence-electron chi connectivity index (χ1n) is 5.95. The molecule has 0 aromatic heterocycles. The highest BCUT2D eigenvalue weighted by molar-refractivity contribution is 5.91. The molecule has 1 aliphatic carbocycles. The van der Waals surface area contributed by atoms with Crippen LogP contribution >= 0.6 is 0 Å². The first kappa shape index (κ1) is 12.0. The van der Waals surface area contributed by atoms with Gasteiger partial charge in [-0.2, -0.15) is 0 Å². The fourth-order valence-corrected chi connectivity index (χ4v) is 2.05. The molecule has 1 heterocycles. The van der Waals surface area contributed by atoms with Crippen LogP contribution in [-0.4, -0.2) is 24.6 Å². The molecule has 4 nitrogen and oxygen atoms in total. The third-order valence-electron chi connectivity index (χ3n) is 2.97. The number of hydrogen-bond acceptors (Lipinski definition) is 4. The van der Waals surface area contributed by atoms with Gasteiger partial charge >= 0.3 is 5.97 Å². The van der Waals surface area contributed by atoms with Gasteiger partial charge in [0.25, 0.3) is 0 Å².